The van der Waals surface area contributed by atoms with E-state index in [1.54, 1.807) is 0 Å². The van der Waals surface area contributed by atoms with E-state index in [-0.39, 0.29) is 11.3 Å². The molecule has 2 aromatic carbocycles. The van der Waals surface area contributed by atoms with Gasteiger partial charge in [-0.3, -0.25) is 9.69 Å². The first-order valence-corrected chi connectivity index (χ1v) is 10.1. The molecule has 1 aliphatic rings. The fourth-order valence-corrected chi connectivity index (χ4v) is 3.51. The van der Waals surface area contributed by atoms with E-state index >= 15 is 0 Å². The van der Waals surface area contributed by atoms with Crippen molar-refractivity contribution < 1.29 is 9.53 Å². The van der Waals surface area contributed by atoms with Gasteiger partial charge in [0.2, 0.25) is 0 Å². The number of hydrogen-bond acceptors (Lipinski definition) is 4. The number of rotatable bonds is 4. The number of anilines is 1. The lowest BCUT2D eigenvalue weighted by molar-refractivity contribution is 0.0332. The van der Waals surface area contributed by atoms with E-state index in [4.69, 9.17) is 4.74 Å². The number of amides is 1. The van der Waals surface area contributed by atoms with Crippen molar-refractivity contribution in [3.05, 3.63) is 59.4 Å². The summed E-state index contributed by atoms with van der Waals surface area (Å²) >= 11 is 0. The monoisotopic (exact) mass is 392 g/mol. The summed E-state index contributed by atoms with van der Waals surface area (Å²) in [5.74, 6) is 0.820. The number of ether oxygens (including phenoxy) is 1. The molecule has 1 aromatic heterocycles. The summed E-state index contributed by atoms with van der Waals surface area (Å²) < 4.78 is 5.40. The van der Waals surface area contributed by atoms with E-state index in [0.717, 1.165) is 55.4 Å². The minimum Gasteiger partial charge on any atom is -0.379 e. The molecule has 0 radical (unpaired) electrons. The molecule has 3 aromatic rings. The van der Waals surface area contributed by atoms with Gasteiger partial charge in [-0.05, 0) is 41.3 Å². The van der Waals surface area contributed by atoms with Crippen LogP contribution >= 0.6 is 0 Å². The molecule has 29 heavy (non-hydrogen) atoms. The van der Waals surface area contributed by atoms with Crippen molar-refractivity contribution in [2.45, 2.75) is 32.7 Å². The Balaban J connectivity index is 1.45. The predicted octanol–water partition coefficient (Wildman–Crippen LogP) is 3.94. The fourth-order valence-electron chi connectivity index (χ4n) is 3.51. The lowest BCUT2D eigenvalue weighted by Crippen LogP contribution is -2.35. The van der Waals surface area contributed by atoms with Crippen molar-refractivity contribution in [3.8, 4) is 0 Å². The van der Waals surface area contributed by atoms with Crippen molar-refractivity contribution in [3.63, 3.8) is 0 Å². The highest BCUT2D eigenvalue weighted by Gasteiger charge is 2.15. The SMILES string of the molecule is CC(C)(C)c1ccc(C(=O)Nc2ccc3nc(CN4CCOCC4)[nH]c3c2)cc1. The van der Waals surface area contributed by atoms with E-state index in [1.165, 1.54) is 5.56 Å². The van der Waals surface area contributed by atoms with Crippen molar-refractivity contribution in [1.29, 1.82) is 0 Å². The second-order valence-electron chi connectivity index (χ2n) is 8.59. The maximum absolute atomic E-state index is 12.6. The summed E-state index contributed by atoms with van der Waals surface area (Å²) in [4.78, 5) is 23.0. The Morgan fingerprint density at radius 1 is 1.14 bits per heavy atom. The van der Waals surface area contributed by atoms with Gasteiger partial charge in [0.25, 0.3) is 5.91 Å². The third-order valence-corrected chi connectivity index (χ3v) is 5.28. The van der Waals surface area contributed by atoms with Crippen LogP contribution < -0.4 is 5.32 Å². The van der Waals surface area contributed by atoms with Crippen LogP contribution in [0.25, 0.3) is 11.0 Å². The van der Waals surface area contributed by atoms with Gasteiger partial charge in [0.05, 0.1) is 30.8 Å². The first-order chi connectivity index (χ1) is 13.9. The smallest absolute Gasteiger partial charge is 0.255 e. The molecule has 1 amide bonds. The van der Waals surface area contributed by atoms with Crippen molar-refractivity contribution >= 4 is 22.6 Å². The molecule has 0 unspecified atom stereocenters. The van der Waals surface area contributed by atoms with Crippen molar-refractivity contribution in [2.75, 3.05) is 31.6 Å². The largest absolute Gasteiger partial charge is 0.379 e. The zero-order valence-electron chi connectivity index (χ0n) is 17.3. The Morgan fingerprint density at radius 2 is 1.86 bits per heavy atom. The highest BCUT2D eigenvalue weighted by Crippen LogP contribution is 2.23. The fraction of sp³-hybridized carbons (Fsp3) is 0.391. The van der Waals surface area contributed by atoms with Crippen LogP contribution in [0.4, 0.5) is 5.69 Å². The van der Waals surface area contributed by atoms with Crippen molar-refractivity contribution in [1.82, 2.24) is 14.9 Å². The Hall–Kier alpha value is -2.70. The number of H-pyrrole nitrogens is 1. The third-order valence-electron chi connectivity index (χ3n) is 5.28. The average Bonchev–Trinajstić information content (AvgIpc) is 3.09. The zero-order valence-corrected chi connectivity index (χ0v) is 17.3. The van der Waals surface area contributed by atoms with Crippen LogP contribution in [0.15, 0.2) is 42.5 Å². The molecule has 152 valence electrons. The van der Waals surface area contributed by atoms with E-state index in [9.17, 15) is 4.79 Å². The summed E-state index contributed by atoms with van der Waals surface area (Å²) in [6.07, 6.45) is 0. The van der Waals surface area contributed by atoms with Gasteiger partial charge < -0.3 is 15.0 Å². The molecule has 2 N–H and O–H groups in total. The first kappa shape index (κ1) is 19.6. The second-order valence-corrected chi connectivity index (χ2v) is 8.59. The van der Waals surface area contributed by atoms with Gasteiger partial charge in [-0.1, -0.05) is 32.9 Å². The number of carbonyl (C=O) groups excluding carboxylic acids is 1. The summed E-state index contributed by atoms with van der Waals surface area (Å²) in [6.45, 7) is 10.7. The molecule has 6 nitrogen and oxygen atoms in total. The van der Waals surface area contributed by atoms with Gasteiger partial charge in [-0.15, -0.1) is 0 Å². The molecule has 1 aliphatic heterocycles. The van der Waals surface area contributed by atoms with Crippen molar-refractivity contribution in [2.24, 2.45) is 0 Å². The van der Waals surface area contributed by atoms with Gasteiger partial charge in [0, 0.05) is 24.3 Å². The number of aromatic nitrogens is 2. The van der Waals surface area contributed by atoms with Crippen LogP contribution in [0, 0.1) is 0 Å². The normalized spacial score (nSPS) is 15.6. The topological polar surface area (TPSA) is 70.2 Å². The Labute approximate surface area is 171 Å². The zero-order chi connectivity index (χ0) is 20.4. The quantitative estimate of drug-likeness (QED) is 0.705. The van der Waals surface area contributed by atoms with E-state index in [2.05, 4.69) is 41.0 Å². The van der Waals surface area contributed by atoms with Crippen LogP contribution in [-0.4, -0.2) is 47.1 Å². The van der Waals surface area contributed by atoms with Gasteiger partial charge in [-0.25, -0.2) is 4.98 Å². The maximum Gasteiger partial charge on any atom is 0.255 e. The molecular weight excluding hydrogens is 364 g/mol. The minimum atomic E-state index is -0.113. The molecule has 2 heterocycles. The highest BCUT2D eigenvalue weighted by molar-refractivity contribution is 6.05. The number of carbonyl (C=O) groups is 1. The van der Waals surface area contributed by atoms with Gasteiger partial charge in [0.15, 0.2) is 0 Å². The van der Waals surface area contributed by atoms with E-state index in [0.29, 0.717) is 5.56 Å². The number of nitrogens with zero attached hydrogens (tertiary/aromatic N) is 2. The molecule has 0 bridgehead atoms. The van der Waals surface area contributed by atoms with E-state index in [1.807, 2.05) is 42.5 Å². The summed E-state index contributed by atoms with van der Waals surface area (Å²) in [5, 5.41) is 2.99. The predicted molar refractivity (Wildman–Crippen MR) is 115 cm³/mol. The minimum absolute atomic E-state index is 0.0690. The molecule has 0 saturated carbocycles. The standard InChI is InChI=1S/C23H28N4O2/c1-23(2,3)17-6-4-16(5-7-17)22(28)24-18-8-9-19-20(14-18)26-21(25-19)15-27-10-12-29-13-11-27/h4-9,14H,10-13,15H2,1-3H3,(H,24,28)(H,25,26). The summed E-state index contributed by atoms with van der Waals surface area (Å²) in [7, 11) is 0. The number of fused-ring (bicyclic) bond motifs is 1. The lowest BCUT2D eigenvalue weighted by Gasteiger charge is -2.25. The number of benzene rings is 2. The molecule has 0 atom stereocenters. The molecular formula is C23H28N4O2. The van der Waals surface area contributed by atoms with Crippen LogP contribution in [0.2, 0.25) is 0 Å². The van der Waals surface area contributed by atoms with Gasteiger partial charge in [0.1, 0.15) is 5.82 Å². The molecule has 6 heteroatoms. The number of morpholine rings is 1. The summed E-state index contributed by atoms with van der Waals surface area (Å²) in [5.41, 5.74) is 4.51. The first-order valence-electron chi connectivity index (χ1n) is 10.1. The Bertz CT molecular complexity index is 996. The number of hydrogen-bond donors (Lipinski definition) is 2. The van der Waals surface area contributed by atoms with Crippen LogP contribution in [0.5, 0.6) is 0 Å². The third kappa shape index (κ3) is 4.66. The lowest BCUT2D eigenvalue weighted by atomic mass is 9.87. The molecule has 0 spiro atoms. The molecule has 4 rings (SSSR count). The second kappa shape index (κ2) is 7.97. The molecule has 1 fully saturated rings. The number of aromatic amines is 1. The average molecular weight is 393 g/mol. The van der Waals surface area contributed by atoms with Gasteiger partial charge >= 0.3 is 0 Å². The summed E-state index contributed by atoms with van der Waals surface area (Å²) in [6, 6.07) is 13.6. The number of imidazole rings is 1. The molecule has 1 saturated heterocycles. The maximum atomic E-state index is 12.6. The van der Waals surface area contributed by atoms with Crippen LogP contribution in [-0.2, 0) is 16.7 Å². The number of nitrogens with one attached hydrogen (secondary N) is 2. The van der Waals surface area contributed by atoms with E-state index < -0.39 is 0 Å². The van der Waals surface area contributed by atoms with Crippen LogP contribution in [0.3, 0.4) is 0 Å². The Morgan fingerprint density at radius 3 is 2.55 bits per heavy atom. The highest BCUT2D eigenvalue weighted by atomic mass is 16.5. The van der Waals surface area contributed by atoms with Crippen LogP contribution in [0.1, 0.15) is 42.5 Å². The Kier molecular flexibility index (Phi) is 5.39. The van der Waals surface area contributed by atoms with Gasteiger partial charge in [-0.2, -0.15) is 0 Å². The molecule has 0 aliphatic carbocycles.